The number of nitrogens with zero attached hydrogens (tertiary/aromatic N) is 1. The quantitative estimate of drug-likeness (QED) is 0.897. The molecule has 1 aromatic carbocycles. The Hall–Kier alpha value is -1.88. The van der Waals surface area contributed by atoms with E-state index in [1.807, 2.05) is 44.2 Å². The van der Waals surface area contributed by atoms with Crippen LogP contribution in [0.5, 0.6) is 0 Å². The molecule has 1 aromatic rings. The number of amides is 1. The first-order valence-corrected chi connectivity index (χ1v) is 7.16. The van der Waals surface area contributed by atoms with Gasteiger partial charge in [-0.2, -0.15) is 0 Å². The second kappa shape index (κ2) is 6.72. The van der Waals surface area contributed by atoms with Crippen molar-refractivity contribution >= 4 is 11.9 Å². The van der Waals surface area contributed by atoms with E-state index in [-0.39, 0.29) is 31.1 Å². The topological polar surface area (TPSA) is 66.8 Å². The number of likely N-dealkylation sites (tertiary alicyclic amines) is 1. The average molecular weight is 291 g/mol. The largest absolute Gasteiger partial charge is 0.481 e. The van der Waals surface area contributed by atoms with Crippen molar-refractivity contribution in [3.63, 3.8) is 0 Å². The van der Waals surface area contributed by atoms with Crippen LogP contribution in [0.1, 0.15) is 25.3 Å². The Labute approximate surface area is 124 Å². The van der Waals surface area contributed by atoms with Gasteiger partial charge in [-0.1, -0.05) is 30.3 Å². The zero-order chi connectivity index (χ0) is 15.4. The molecule has 114 valence electrons. The van der Waals surface area contributed by atoms with Crippen LogP contribution in [0, 0.1) is 5.92 Å². The Balaban J connectivity index is 2.08. The van der Waals surface area contributed by atoms with E-state index in [2.05, 4.69) is 0 Å². The van der Waals surface area contributed by atoms with E-state index in [0.29, 0.717) is 6.54 Å². The first kappa shape index (κ1) is 15.5. The number of benzene rings is 1. The van der Waals surface area contributed by atoms with Crippen molar-refractivity contribution in [2.24, 2.45) is 5.92 Å². The summed E-state index contributed by atoms with van der Waals surface area (Å²) in [7, 11) is 0. The van der Waals surface area contributed by atoms with Crippen molar-refractivity contribution in [2.75, 3.05) is 19.7 Å². The molecule has 1 fully saturated rings. The van der Waals surface area contributed by atoms with Crippen LogP contribution in [-0.4, -0.2) is 47.7 Å². The highest BCUT2D eigenvalue weighted by atomic mass is 16.5. The van der Waals surface area contributed by atoms with Crippen molar-refractivity contribution in [1.29, 1.82) is 0 Å². The van der Waals surface area contributed by atoms with Crippen molar-refractivity contribution in [3.8, 4) is 0 Å². The molecule has 0 radical (unpaired) electrons. The lowest BCUT2D eigenvalue weighted by atomic mass is 9.89. The molecule has 0 aliphatic carbocycles. The number of carboxylic acid groups (broad SMARTS) is 1. The summed E-state index contributed by atoms with van der Waals surface area (Å²) in [6, 6.07) is 9.51. The maximum absolute atomic E-state index is 12.1. The molecule has 21 heavy (non-hydrogen) atoms. The summed E-state index contributed by atoms with van der Waals surface area (Å²) in [5, 5.41) is 9.39. The molecule has 0 spiro atoms. The van der Waals surface area contributed by atoms with Gasteiger partial charge in [0, 0.05) is 19.0 Å². The summed E-state index contributed by atoms with van der Waals surface area (Å²) in [6.07, 6.45) is -0.0169. The standard InChI is InChI=1S/C16H21NO4/c1-11(2)21-10-15(18)17-8-13(14(9-17)16(19)20)12-6-4-3-5-7-12/h3-7,11,13-14H,8-10H2,1-2H3,(H,19,20)/t13-,14-/m0/s1. The molecule has 1 heterocycles. The second-order valence-corrected chi connectivity index (χ2v) is 5.62. The maximum Gasteiger partial charge on any atom is 0.308 e. The number of rotatable bonds is 5. The molecule has 0 aromatic heterocycles. The fourth-order valence-electron chi connectivity index (χ4n) is 2.62. The molecule has 1 aliphatic heterocycles. The summed E-state index contributed by atoms with van der Waals surface area (Å²) in [6.45, 7) is 4.41. The lowest BCUT2D eigenvalue weighted by Crippen LogP contribution is -2.33. The fraction of sp³-hybridized carbons (Fsp3) is 0.500. The summed E-state index contributed by atoms with van der Waals surface area (Å²) < 4.78 is 5.31. The Morgan fingerprint density at radius 2 is 1.95 bits per heavy atom. The highest BCUT2D eigenvalue weighted by molar-refractivity contribution is 5.80. The SMILES string of the molecule is CC(C)OCC(=O)N1C[C@H](C(=O)O)[C@H](c2ccccc2)C1. The Kier molecular flexibility index (Phi) is 4.96. The van der Waals surface area contributed by atoms with Crippen LogP contribution >= 0.6 is 0 Å². The van der Waals surface area contributed by atoms with E-state index >= 15 is 0 Å². The van der Waals surface area contributed by atoms with E-state index in [1.54, 1.807) is 4.90 Å². The van der Waals surface area contributed by atoms with Gasteiger partial charge in [0.2, 0.25) is 5.91 Å². The molecular weight excluding hydrogens is 270 g/mol. The minimum atomic E-state index is -0.857. The third kappa shape index (κ3) is 3.82. The predicted molar refractivity (Wildman–Crippen MR) is 78.0 cm³/mol. The van der Waals surface area contributed by atoms with Crippen LogP contribution in [0.15, 0.2) is 30.3 Å². The molecule has 5 heteroatoms. The summed E-state index contributed by atoms with van der Waals surface area (Å²) in [5.74, 6) is -1.72. The van der Waals surface area contributed by atoms with Gasteiger partial charge in [-0.05, 0) is 19.4 Å². The van der Waals surface area contributed by atoms with E-state index < -0.39 is 11.9 Å². The van der Waals surface area contributed by atoms with Gasteiger partial charge >= 0.3 is 5.97 Å². The minimum absolute atomic E-state index is 0.00547. The van der Waals surface area contributed by atoms with E-state index in [9.17, 15) is 14.7 Å². The molecule has 5 nitrogen and oxygen atoms in total. The van der Waals surface area contributed by atoms with Crippen LogP contribution < -0.4 is 0 Å². The van der Waals surface area contributed by atoms with Crippen LogP contribution in [0.4, 0.5) is 0 Å². The molecule has 1 amide bonds. The number of hydrogen-bond donors (Lipinski definition) is 1. The van der Waals surface area contributed by atoms with Gasteiger partial charge in [-0.25, -0.2) is 0 Å². The molecule has 0 unspecified atom stereocenters. The number of carbonyl (C=O) groups excluding carboxylic acids is 1. The van der Waals surface area contributed by atoms with E-state index in [1.165, 1.54) is 0 Å². The van der Waals surface area contributed by atoms with Gasteiger partial charge in [0.05, 0.1) is 12.0 Å². The van der Waals surface area contributed by atoms with Crippen molar-refractivity contribution in [1.82, 2.24) is 4.90 Å². The number of aliphatic carboxylic acids is 1. The predicted octanol–water partition coefficient (Wildman–Crippen LogP) is 1.74. The smallest absolute Gasteiger partial charge is 0.308 e. The van der Waals surface area contributed by atoms with Gasteiger partial charge in [-0.3, -0.25) is 9.59 Å². The van der Waals surface area contributed by atoms with Crippen molar-refractivity contribution in [3.05, 3.63) is 35.9 Å². The minimum Gasteiger partial charge on any atom is -0.481 e. The Morgan fingerprint density at radius 3 is 2.52 bits per heavy atom. The molecule has 0 bridgehead atoms. The molecule has 2 atom stereocenters. The van der Waals surface area contributed by atoms with Crippen molar-refractivity contribution < 1.29 is 19.4 Å². The van der Waals surface area contributed by atoms with Crippen LogP contribution in [0.2, 0.25) is 0 Å². The molecule has 2 rings (SSSR count). The van der Waals surface area contributed by atoms with Crippen LogP contribution in [0.25, 0.3) is 0 Å². The van der Waals surface area contributed by atoms with Gasteiger partial charge in [0.15, 0.2) is 0 Å². The summed E-state index contributed by atoms with van der Waals surface area (Å²) >= 11 is 0. The number of hydrogen-bond acceptors (Lipinski definition) is 3. The lowest BCUT2D eigenvalue weighted by molar-refractivity contribution is -0.142. The number of carbonyl (C=O) groups is 2. The third-order valence-electron chi connectivity index (χ3n) is 3.76. The fourth-order valence-corrected chi connectivity index (χ4v) is 2.62. The molecule has 1 aliphatic rings. The third-order valence-corrected chi connectivity index (χ3v) is 3.76. The Morgan fingerprint density at radius 1 is 1.29 bits per heavy atom. The second-order valence-electron chi connectivity index (χ2n) is 5.62. The number of carboxylic acids is 1. The zero-order valence-electron chi connectivity index (χ0n) is 12.4. The molecule has 1 saturated heterocycles. The molecule has 0 saturated carbocycles. The van der Waals surface area contributed by atoms with Crippen molar-refractivity contribution in [2.45, 2.75) is 25.9 Å². The van der Waals surface area contributed by atoms with Gasteiger partial charge < -0.3 is 14.7 Å². The number of ether oxygens (including phenoxy) is 1. The Bertz CT molecular complexity index is 500. The highest BCUT2D eigenvalue weighted by Gasteiger charge is 2.40. The normalized spacial score (nSPS) is 21.8. The first-order valence-electron chi connectivity index (χ1n) is 7.16. The monoisotopic (exact) mass is 291 g/mol. The summed E-state index contributed by atoms with van der Waals surface area (Å²) in [5.41, 5.74) is 0.963. The molecular formula is C16H21NO4. The first-order chi connectivity index (χ1) is 9.99. The van der Waals surface area contributed by atoms with Crippen LogP contribution in [-0.2, 0) is 14.3 Å². The van der Waals surface area contributed by atoms with Gasteiger partial charge in [-0.15, -0.1) is 0 Å². The maximum atomic E-state index is 12.1. The molecule has 1 N–H and O–H groups in total. The summed E-state index contributed by atoms with van der Waals surface area (Å²) in [4.78, 5) is 25.1. The van der Waals surface area contributed by atoms with Crippen LogP contribution in [0.3, 0.4) is 0 Å². The lowest BCUT2D eigenvalue weighted by Gasteiger charge is -2.17. The highest BCUT2D eigenvalue weighted by Crippen LogP contribution is 2.32. The average Bonchev–Trinajstić information content (AvgIpc) is 2.91. The van der Waals surface area contributed by atoms with Gasteiger partial charge in [0.25, 0.3) is 0 Å². The zero-order valence-corrected chi connectivity index (χ0v) is 12.4. The van der Waals surface area contributed by atoms with Gasteiger partial charge in [0.1, 0.15) is 6.61 Å². The van der Waals surface area contributed by atoms with E-state index in [4.69, 9.17) is 4.74 Å². The van der Waals surface area contributed by atoms with E-state index in [0.717, 1.165) is 5.56 Å².